The molecule has 0 saturated carbocycles. The molecular weight excluding hydrogens is 302 g/mol. The number of hydrogen-bond donors (Lipinski definition) is 2. The molecule has 3 heterocycles. The Morgan fingerprint density at radius 3 is 3.00 bits per heavy atom. The number of aromatic nitrogens is 2. The van der Waals surface area contributed by atoms with E-state index in [2.05, 4.69) is 20.2 Å². The number of thiazole rings is 1. The predicted molar refractivity (Wildman–Crippen MR) is 85.2 cm³/mol. The summed E-state index contributed by atoms with van der Waals surface area (Å²) in [5.74, 6) is 0.506. The number of nitrogens with zero attached hydrogens (tertiary/aromatic N) is 3. The fourth-order valence-corrected chi connectivity index (χ4v) is 2.87. The van der Waals surface area contributed by atoms with E-state index in [0.29, 0.717) is 31.1 Å². The highest BCUT2D eigenvalue weighted by Crippen LogP contribution is 2.24. The summed E-state index contributed by atoms with van der Waals surface area (Å²) in [6.07, 6.45) is 1.72. The summed E-state index contributed by atoms with van der Waals surface area (Å²) in [5, 5.41) is 5.33. The highest BCUT2D eigenvalue weighted by Gasteiger charge is 2.18. The lowest BCUT2D eigenvalue weighted by Gasteiger charge is -2.29. The molecule has 116 valence electrons. The monoisotopic (exact) mass is 319 g/mol. The van der Waals surface area contributed by atoms with Crippen molar-refractivity contribution in [3.05, 3.63) is 34.4 Å². The molecule has 2 aromatic rings. The molecule has 0 unspecified atom stereocenters. The zero-order valence-electron chi connectivity index (χ0n) is 12.0. The van der Waals surface area contributed by atoms with E-state index < -0.39 is 0 Å². The van der Waals surface area contributed by atoms with Gasteiger partial charge in [-0.1, -0.05) is 0 Å². The summed E-state index contributed by atoms with van der Waals surface area (Å²) in [7, 11) is 0. The molecular formula is C14H17N5O2S. The van der Waals surface area contributed by atoms with Crippen molar-refractivity contribution in [2.75, 3.05) is 36.5 Å². The van der Waals surface area contributed by atoms with Gasteiger partial charge in [0, 0.05) is 31.2 Å². The minimum absolute atomic E-state index is 0.251. The van der Waals surface area contributed by atoms with Crippen LogP contribution in [0.2, 0.25) is 0 Å². The van der Waals surface area contributed by atoms with Crippen molar-refractivity contribution in [3.63, 3.8) is 0 Å². The van der Waals surface area contributed by atoms with Crippen molar-refractivity contribution in [1.82, 2.24) is 9.97 Å². The highest BCUT2D eigenvalue weighted by molar-refractivity contribution is 7.09. The smallest absolute Gasteiger partial charge is 0.275 e. The Balaban J connectivity index is 1.78. The van der Waals surface area contributed by atoms with Crippen LogP contribution < -0.4 is 16.0 Å². The molecule has 3 N–H and O–H groups in total. The molecule has 22 heavy (non-hydrogen) atoms. The van der Waals surface area contributed by atoms with Crippen molar-refractivity contribution in [2.45, 2.75) is 6.54 Å². The van der Waals surface area contributed by atoms with Crippen molar-refractivity contribution < 1.29 is 9.53 Å². The van der Waals surface area contributed by atoms with Crippen LogP contribution in [0, 0.1) is 0 Å². The van der Waals surface area contributed by atoms with E-state index in [0.717, 1.165) is 23.9 Å². The number of nitrogens with one attached hydrogen (secondary N) is 1. The van der Waals surface area contributed by atoms with Crippen molar-refractivity contribution in [2.24, 2.45) is 5.73 Å². The summed E-state index contributed by atoms with van der Waals surface area (Å²) >= 11 is 1.38. The van der Waals surface area contributed by atoms with E-state index in [-0.39, 0.29) is 5.91 Å². The lowest BCUT2D eigenvalue weighted by molar-refractivity contribution is 0.102. The maximum absolute atomic E-state index is 12.3. The molecule has 0 radical (unpaired) electrons. The number of nitrogens with two attached hydrogens (primary N) is 1. The van der Waals surface area contributed by atoms with Crippen LogP contribution in [0.3, 0.4) is 0 Å². The fourth-order valence-electron chi connectivity index (χ4n) is 2.22. The molecule has 1 aliphatic heterocycles. The van der Waals surface area contributed by atoms with Crippen LogP contribution in [0.15, 0.2) is 23.7 Å². The number of carbonyl (C=O) groups excluding carboxylic acids is 1. The van der Waals surface area contributed by atoms with Crippen LogP contribution >= 0.6 is 11.3 Å². The first-order valence-electron chi connectivity index (χ1n) is 7.01. The van der Waals surface area contributed by atoms with Crippen molar-refractivity contribution in [1.29, 1.82) is 0 Å². The molecule has 0 atom stereocenters. The molecule has 0 aliphatic carbocycles. The van der Waals surface area contributed by atoms with Gasteiger partial charge < -0.3 is 20.7 Å². The van der Waals surface area contributed by atoms with Crippen LogP contribution in [-0.2, 0) is 11.3 Å². The fraction of sp³-hybridized carbons (Fsp3) is 0.357. The van der Waals surface area contributed by atoms with Gasteiger partial charge in [0.05, 0.1) is 18.9 Å². The molecule has 1 aliphatic rings. The standard InChI is InChI=1S/C14H17N5O2S/c15-8-12-17-11(9-22-12)14(20)18-10-2-1-3-16-13(10)19-4-6-21-7-5-19/h1-3,9H,4-8,15H2,(H,18,20). The van der Waals surface area contributed by atoms with Gasteiger partial charge in [0.2, 0.25) is 0 Å². The number of morpholine rings is 1. The summed E-state index contributed by atoms with van der Waals surface area (Å²) in [5.41, 5.74) is 6.58. The number of anilines is 2. The predicted octanol–water partition coefficient (Wildman–Crippen LogP) is 1.09. The molecule has 1 saturated heterocycles. The van der Waals surface area contributed by atoms with Crippen molar-refractivity contribution in [3.8, 4) is 0 Å². The SMILES string of the molecule is NCc1nc(C(=O)Nc2cccnc2N2CCOCC2)cs1. The summed E-state index contributed by atoms with van der Waals surface area (Å²) < 4.78 is 5.35. The minimum Gasteiger partial charge on any atom is -0.378 e. The second-order valence-electron chi connectivity index (χ2n) is 4.76. The number of rotatable bonds is 4. The molecule has 0 spiro atoms. The van der Waals surface area contributed by atoms with E-state index >= 15 is 0 Å². The summed E-state index contributed by atoms with van der Waals surface area (Å²) in [4.78, 5) is 23.0. The highest BCUT2D eigenvalue weighted by atomic mass is 32.1. The van der Waals surface area contributed by atoms with Gasteiger partial charge in [-0.3, -0.25) is 4.79 Å². The lowest BCUT2D eigenvalue weighted by atomic mass is 10.3. The minimum atomic E-state index is -0.251. The Morgan fingerprint density at radius 1 is 1.45 bits per heavy atom. The van der Waals surface area contributed by atoms with Crippen LogP contribution in [-0.4, -0.2) is 42.2 Å². The number of hydrogen-bond acceptors (Lipinski definition) is 7. The molecule has 0 aromatic carbocycles. The van der Waals surface area contributed by atoms with E-state index in [1.807, 2.05) is 6.07 Å². The maximum Gasteiger partial charge on any atom is 0.275 e. The van der Waals surface area contributed by atoms with Crippen LogP contribution in [0.5, 0.6) is 0 Å². The second kappa shape index (κ2) is 6.82. The lowest BCUT2D eigenvalue weighted by Crippen LogP contribution is -2.37. The first-order chi connectivity index (χ1) is 10.8. The summed E-state index contributed by atoms with van der Waals surface area (Å²) in [6, 6.07) is 3.64. The van der Waals surface area contributed by atoms with Gasteiger partial charge in [0.15, 0.2) is 5.82 Å². The first-order valence-corrected chi connectivity index (χ1v) is 7.89. The largest absolute Gasteiger partial charge is 0.378 e. The molecule has 1 amide bonds. The van der Waals surface area contributed by atoms with Gasteiger partial charge in [0.1, 0.15) is 10.7 Å². The molecule has 7 nitrogen and oxygen atoms in total. The number of ether oxygens (including phenoxy) is 1. The van der Waals surface area contributed by atoms with Gasteiger partial charge in [-0.15, -0.1) is 11.3 Å². The topological polar surface area (TPSA) is 93.4 Å². The number of pyridine rings is 1. The average molecular weight is 319 g/mol. The van der Waals surface area contributed by atoms with Crippen LogP contribution in [0.1, 0.15) is 15.5 Å². The molecule has 3 rings (SSSR count). The van der Waals surface area contributed by atoms with Gasteiger partial charge in [0.25, 0.3) is 5.91 Å². The average Bonchev–Trinajstić information content (AvgIpc) is 3.05. The molecule has 2 aromatic heterocycles. The quantitative estimate of drug-likeness (QED) is 0.876. The van der Waals surface area contributed by atoms with E-state index in [1.54, 1.807) is 17.6 Å². The van der Waals surface area contributed by atoms with Crippen LogP contribution in [0.25, 0.3) is 0 Å². The third-order valence-corrected chi connectivity index (χ3v) is 4.18. The van der Waals surface area contributed by atoms with Crippen molar-refractivity contribution >= 4 is 28.7 Å². The molecule has 8 heteroatoms. The Labute approximate surface area is 132 Å². The Morgan fingerprint density at radius 2 is 2.27 bits per heavy atom. The van der Waals surface area contributed by atoms with Gasteiger partial charge in [-0.25, -0.2) is 9.97 Å². The Kier molecular flexibility index (Phi) is 4.62. The zero-order chi connectivity index (χ0) is 15.4. The number of carbonyl (C=O) groups is 1. The second-order valence-corrected chi connectivity index (χ2v) is 5.70. The maximum atomic E-state index is 12.3. The number of amides is 1. The summed E-state index contributed by atoms with van der Waals surface area (Å²) in [6.45, 7) is 3.18. The van der Waals surface area contributed by atoms with Gasteiger partial charge >= 0.3 is 0 Å². The third kappa shape index (κ3) is 3.24. The third-order valence-electron chi connectivity index (χ3n) is 3.30. The van der Waals surface area contributed by atoms with E-state index in [1.165, 1.54) is 11.3 Å². The van der Waals surface area contributed by atoms with Crippen LogP contribution in [0.4, 0.5) is 11.5 Å². The molecule has 1 fully saturated rings. The van der Waals surface area contributed by atoms with E-state index in [9.17, 15) is 4.79 Å². The first kappa shape index (κ1) is 14.9. The zero-order valence-corrected chi connectivity index (χ0v) is 12.8. The van der Waals surface area contributed by atoms with Gasteiger partial charge in [-0.05, 0) is 12.1 Å². The Hall–Kier alpha value is -2.03. The normalized spacial score (nSPS) is 14.9. The Bertz CT molecular complexity index is 654. The van der Waals surface area contributed by atoms with Gasteiger partial charge in [-0.2, -0.15) is 0 Å². The van der Waals surface area contributed by atoms with E-state index in [4.69, 9.17) is 10.5 Å². The molecule has 0 bridgehead atoms.